The fourth-order valence-corrected chi connectivity index (χ4v) is 3.28. The molecule has 0 fully saturated rings. The molecular weight excluding hydrogens is 452 g/mol. The van der Waals surface area contributed by atoms with E-state index in [4.69, 9.17) is 5.73 Å². The van der Waals surface area contributed by atoms with Gasteiger partial charge in [0, 0.05) is 18.3 Å². The van der Waals surface area contributed by atoms with Gasteiger partial charge in [0.1, 0.15) is 18.1 Å². The van der Waals surface area contributed by atoms with Crippen molar-refractivity contribution in [3.8, 4) is 0 Å². The largest absolute Gasteiger partial charge is 0.480 e. The van der Waals surface area contributed by atoms with Crippen LogP contribution in [-0.2, 0) is 25.6 Å². The van der Waals surface area contributed by atoms with E-state index in [9.17, 15) is 29.4 Å². The van der Waals surface area contributed by atoms with Crippen molar-refractivity contribution in [2.45, 2.75) is 63.9 Å². The molecule has 0 radical (unpaired) electrons. The van der Waals surface area contributed by atoms with Gasteiger partial charge in [-0.25, -0.2) is 9.78 Å². The van der Waals surface area contributed by atoms with E-state index in [1.165, 1.54) is 31.2 Å². The Labute approximate surface area is 196 Å². The van der Waals surface area contributed by atoms with Crippen LogP contribution in [0.2, 0.25) is 0 Å². The lowest BCUT2D eigenvalue weighted by atomic mass is 10.0. The van der Waals surface area contributed by atoms with Gasteiger partial charge in [0.2, 0.25) is 17.7 Å². The third-order valence-corrected chi connectivity index (χ3v) is 5.56. The predicted molar refractivity (Wildman–Crippen MR) is 123 cm³/mol. The molecule has 5 unspecified atom stereocenters. The molecule has 5 atom stereocenters. The summed E-state index contributed by atoms with van der Waals surface area (Å²) in [5, 5.41) is 26.8. The third kappa shape index (κ3) is 9.40. The number of amides is 3. The molecule has 1 aromatic rings. The minimum atomic E-state index is -1.37. The van der Waals surface area contributed by atoms with Crippen LogP contribution in [0.1, 0.15) is 32.9 Å². The molecule has 8 N–H and O–H groups in total. The highest BCUT2D eigenvalue weighted by molar-refractivity contribution is 7.98. The van der Waals surface area contributed by atoms with E-state index in [0.717, 1.165) is 0 Å². The van der Waals surface area contributed by atoms with Crippen LogP contribution in [0.25, 0.3) is 0 Å². The van der Waals surface area contributed by atoms with E-state index >= 15 is 0 Å². The Morgan fingerprint density at radius 2 is 1.73 bits per heavy atom. The van der Waals surface area contributed by atoms with Gasteiger partial charge in [-0.3, -0.25) is 14.4 Å². The number of nitrogens with two attached hydrogens (primary N) is 1. The lowest BCUT2D eigenvalue weighted by Gasteiger charge is -2.27. The number of hydrogen-bond donors (Lipinski definition) is 7. The molecule has 12 nitrogen and oxygen atoms in total. The fraction of sp³-hybridized carbons (Fsp3) is 0.650. The average molecular weight is 487 g/mol. The average Bonchev–Trinajstić information content (AvgIpc) is 3.25. The first-order valence-corrected chi connectivity index (χ1v) is 11.9. The van der Waals surface area contributed by atoms with Crippen LogP contribution < -0.4 is 21.7 Å². The van der Waals surface area contributed by atoms with Gasteiger partial charge in [-0.15, -0.1) is 0 Å². The van der Waals surface area contributed by atoms with Gasteiger partial charge in [-0.2, -0.15) is 11.8 Å². The van der Waals surface area contributed by atoms with Crippen LogP contribution in [-0.4, -0.2) is 86.2 Å². The van der Waals surface area contributed by atoms with E-state index in [1.54, 1.807) is 13.8 Å². The number of aliphatic hydroxyl groups is 1. The zero-order valence-corrected chi connectivity index (χ0v) is 20.0. The van der Waals surface area contributed by atoms with Gasteiger partial charge < -0.3 is 36.9 Å². The number of H-pyrrole nitrogens is 1. The smallest absolute Gasteiger partial charge is 0.326 e. The topological polar surface area (TPSA) is 200 Å². The van der Waals surface area contributed by atoms with Gasteiger partial charge in [0.15, 0.2) is 0 Å². The number of aromatic amines is 1. The van der Waals surface area contributed by atoms with Crippen molar-refractivity contribution in [1.29, 1.82) is 0 Å². The molecule has 0 aliphatic rings. The Kier molecular flexibility index (Phi) is 11.9. The van der Waals surface area contributed by atoms with E-state index < -0.39 is 54.0 Å². The number of carboxylic acid groups (broad SMARTS) is 1. The molecule has 33 heavy (non-hydrogen) atoms. The third-order valence-electron chi connectivity index (χ3n) is 4.92. The second-order valence-corrected chi connectivity index (χ2v) is 9.01. The number of carbonyl (C=O) groups excluding carboxylic acids is 3. The summed E-state index contributed by atoms with van der Waals surface area (Å²) in [5.74, 6) is -3.03. The Morgan fingerprint density at radius 1 is 1.09 bits per heavy atom. The van der Waals surface area contributed by atoms with Gasteiger partial charge in [-0.1, -0.05) is 13.8 Å². The number of nitrogens with one attached hydrogen (secondary N) is 4. The van der Waals surface area contributed by atoms with Crippen LogP contribution in [0.4, 0.5) is 0 Å². The molecule has 0 spiro atoms. The van der Waals surface area contributed by atoms with Crippen LogP contribution in [0.15, 0.2) is 12.5 Å². The second-order valence-electron chi connectivity index (χ2n) is 8.02. The lowest BCUT2D eigenvalue weighted by Crippen LogP contribution is -2.60. The minimum Gasteiger partial charge on any atom is -0.480 e. The van der Waals surface area contributed by atoms with Crippen molar-refractivity contribution in [2.24, 2.45) is 11.7 Å². The molecule has 0 aliphatic carbocycles. The van der Waals surface area contributed by atoms with E-state index in [0.29, 0.717) is 11.4 Å². The molecule has 3 amide bonds. The number of hydrogen-bond acceptors (Lipinski definition) is 8. The summed E-state index contributed by atoms with van der Waals surface area (Å²) < 4.78 is 0. The molecule has 186 valence electrons. The Hall–Kier alpha value is -2.64. The quantitative estimate of drug-likeness (QED) is 0.165. The zero-order chi connectivity index (χ0) is 25.1. The number of aliphatic hydroxyl groups excluding tert-OH is 1. The zero-order valence-electron chi connectivity index (χ0n) is 19.2. The normalized spacial score (nSPS) is 15.7. The Morgan fingerprint density at radius 3 is 2.21 bits per heavy atom. The Balaban J connectivity index is 3.02. The number of imidazole rings is 1. The highest BCUT2D eigenvalue weighted by atomic mass is 32.2. The van der Waals surface area contributed by atoms with Crippen LogP contribution in [0.5, 0.6) is 0 Å². The maximum absolute atomic E-state index is 12.9. The summed E-state index contributed by atoms with van der Waals surface area (Å²) in [4.78, 5) is 56.3. The maximum atomic E-state index is 12.9. The second kappa shape index (κ2) is 13.8. The number of aliphatic carboxylic acids is 1. The van der Waals surface area contributed by atoms with Gasteiger partial charge >= 0.3 is 5.97 Å². The molecule has 0 saturated carbocycles. The van der Waals surface area contributed by atoms with Crippen LogP contribution in [0, 0.1) is 5.92 Å². The predicted octanol–water partition coefficient (Wildman–Crippen LogP) is -1.39. The van der Waals surface area contributed by atoms with Gasteiger partial charge in [-0.05, 0) is 31.3 Å². The summed E-state index contributed by atoms with van der Waals surface area (Å²) in [6.07, 6.45) is 3.58. The molecule has 0 aromatic carbocycles. The first-order valence-electron chi connectivity index (χ1n) is 10.5. The van der Waals surface area contributed by atoms with E-state index in [2.05, 4.69) is 25.9 Å². The molecule has 1 rings (SSSR count). The van der Waals surface area contributed by atoms with Gasteiger partial charge in [0.05, 0.1) is 18.5 Å². The van der Waals surface area contributed by atoms with E-state index in [-0.39, 0.29) is 18.8 Å². The molecule has 0 aliphatic heterocycles. The van der Waals surface area contributed by atoms with Crippen molar-refractivity contribution >= 4 is 35.5 Å². The number of nitrogens with zero attached hydrogens (tertiary/aromatic N) is 1. The van der Waals surface area contributed by atoms with Crippen molar-refractivity contribution in [1.82, 2.24) is 25.9 Å². The lowest BCUT2D eigenvalue weighted by molar-refractivity contribution is -0.142. The fourth-order valence-electron chi connectivity index (χ4n) is 2.81. The standard InChI is InChI=1S/C20H34N6O6S/c1-10(2)15(21)18(29)26-16(11(3)27)19(30)25-14(7-12-8-22-9-23-12)17(28)24-13(20(31)32)5-6-33-4/h8-11,13-16,27H,5-7,21H2,1-4H3,(H,22,23)(H,24,28)(H,25,30)(H,26,29)(H,31,32). The summed E-state index contributed by atoms with van der Waals surface area (Å²) in [6, 6.07) is -4.59. The van der Waals surface area contributed by atoms with E-state index in [1.807, 2.05) is 6.26 Å². The first kappa shape index (κ1) is 28.4. The van der Waals surface area contributed by atoms with Crippen molar-refractivity contribution in [3.05, 3.63) is 18.2 Å². The summed E-state index contributed by atoms with van der Waals surface area (Å²) in [6.45, 7) is 4.79. The number of thioether (sulfide) groups is 1. The number of carbonyl (C=O) groups is 4. The van der Waals surface area contributed by atoms with Crippen molar-refractivity contribution in [2.75, 3.05) is 12.0 Å². The number of aromatic nitrogens is 2. The molecule has 13 heteroatoms. The number of rotatable bonds is 14. The SMILES string of the molecule is CSCCC(NC(=O)C(Cc1cnc[nH]1)NC(=O)C(NC(=O)C(N)C(C)C)C(C)O)C(=O)O. The van der Waals surface area contributed by atoms with Gasteiger partial charge in [0.25, 0.3) is 0 Å². The maximum Gasteiger partial charge on any atom is 0.326 e. The highest BCUT2D eigenvalue weighted by Crippen LogP contribution is 2.06. The summed E-state index contributed by atoms with van der Waals surface area (Å²) in [5.41, 5.74) is 6.33. The van der Waals surface area contributed by atoms with Crippen LogP contribution in [0.3, 0.4) is 0 Å². The number of carboxylic acids is 1. The molecular formula is C20H34N6O6S. The molecule has 1 aromatic heterocycles. The van der Waals surface area contributed by atoms with Crippen molar-refractivity contribution in [3.63, 3.8) is 0 Å². The monoisotopic (exact) mass is 486 g/mol. The summed E-state index contributed by atoms with van der Waals surface area (Å²) in [7, 11) is 0. The molecule has 0 saturated heterocycles. The first-order chi connectivity index (χ1) is 15.5. The minimum absolute atomic E-state index is 0.0155. The Bertz CT molecular complexity index is 788. The summed E-state index contributed by atoms with van der Waals surface area (Å²) >= 11 is 1.44. The molecule has 1 heterocycles. The molecule has 0 bridgehead atoms. The highest BCUT2D eigenvalue weighted by Gasteiger charge is 2.33. The van der Waals surface area contributed by atoms with Crippen molar-refractivity contribution < 1.29 is 29.4 Å². The van der Waals surface area contributed by atoms with Crippen LogP contribution >= 0.6 is 11.8 Å².